The van der Waals surface area contributed by atoms with Gasteiger partial charge in [-0.05, 0) is 0 Å². The molecule has 0 atom stereocenters. The number of halogens is 1. The van der Waals surface area contributed by atoms with E-state index < -0.39 is 0 Å². The molecular weight excluding hydrogens is 460 g/mol. The number of anilines is 2. The molecule has 0 amide bonds. The van der Waals surface area contributed by atoms with Crippen LogP contribution in [-0.4, -0.2) is 32.5 Å². The normalized spacial score (nSPS) is 11.1. The van der Waals surface area contributed by atoms with Gasteiger partial charge in [-0.15, -0.1) is 0 Å². The summed E-state index contributed by atoms with van der Waals surface area (Å²) in [6.45, 7) is 6.81. The van der Waals surface area contributed by atoms with Crippen LogP contribution in [0.4, 0.5) is 11.6 Å². The maximum absolute atomic E-state index is 5.99. The quantitative estimate of drug-likeness (QED) is 0.452. The van der Waals surface area contributed by atoms with E-state index >= 15 is 0 Å². The summed E-state index contributed by atoms with van der Waals surface area (Å²) in [7, 11) is 0. The summed E-state index contributed by atoms with van der Waals surface area (Å²) in [4.78, 5) is 9.50. The Morgan fingerprint density at radius 3 is 2.04 bits per heavy atom. The van der Waals surface area contributed by atoms with Gasteiger partial charge in [0.15, 0.2) is 0 Å². The second-order valence-electron chi connectivity index (χ2n) is 7.28. The zero-order chi connectivity index (χ0) is 19.6. The number of nitrogens with one attached hydrogen (secondary N) is 1. The predicted octanol–water partition coefficient (Wildman–Crippen LogP) is 4.89. The van der Waals surface area contributed by atoms with Gasteiger partial charge >= 0.3 is 183 Å². The van der Waals surface area contributed by atoms with Crippen LogP contribution in [0, 0.1) is 0 Å². The molecule has 1 N–H and O–H groups in total. The summed E-state index contributed by atoms with van der Waals surface area (Å²) in [5.74, 6) is 1.85. The van der Waals surface area contributed by atoms with Crippen LogP contribution in [0.1, 0.15) is 76.0 Å². The van der Waals surface area contributed by atoms with Crippen molar-refractivity contribution in [3.63, 3.8) is 0 Å². The van der Waals surface area contributed by atoms with E-state index in [1.807, 2.05) is 12.1 Å². The van der Waals surface area contributed by atoms with Gasteiger partial charge in [0, 0.05) is 0 Å². The first-order valence-electron chi connectivity index (χ1n) is 10.5. The average molecular weight is 495 g/mol. The molecule has 0 aliphatic rings. The molecule has 0 aliphatic carbocycles. The fourth-order valence-corrected chi connectivity index (χ4v) is 5.81. The molecule has 3 nitrogen and oxygen atoms in total. The number of hydrogen-bond acceptors (Lipinski definition) is 3. The average Bonchev–Trinajstić information content (AvgIpc) is 2.66. The van der Waals surface area contributed by atoms with Gasteiger partial charge in [0.1, 0.15) is 0 Å². The monoisotopic (exact) mass is 495 g/mol. The molecular formula is C22H34ClN3Sn. The molecule has 2 aromatic rings. The van der Waals surface area contributed by atoms with E-state index in [4.69, 9.17) is 16.6 Å². The zero-order valence-corrected chi connectivity index (χ0v) is 23.8. The summed E-state index contributed by atoms with van der Waals surface area (Å²) >= 11 is 6.36. The third-order valence-electron chi connectivity index (χ3n) is 5.05. The SMILES string of the molecule is CCCCc1[c]([SnH3])nc(Nc2ccc(Cl)cn2)c(CCCC)c1CCCC. The van der Waals surface area contributed by atoms with Crippen LogP contribution >= 0.6 is 11.6 Å². The number of unbranched alkanes of at least 4 members (excludes halogenated alkanes) is 3. The van der Waals surface area contributed by atoms with E-state index in [1.54, 1.807) is 17.3 Å². The van der Waals surface area contributed by atoms with Gasteiger partial charge in [-0.25, -0.2) is 0 Å². The third kappa shape index (κ3) is 6.63. The predicted molar refractivity (Wildman–Crippen MR) is 122 cm³/mol. The first kappa shape index (κ1) is 22.5. The molecule has 148 valence electrons. The molecule has 0 bridgehead atoms. The van der Waals surface area contributed by atoms with Gasteiger partial charge in [0.05, 0.1) is 0 Å². The minimum absolute atomic E-state index is 0.368. The summed E-state index contributed by atoms with van der Waals surface area (Å²) in [5.41, 5.74) is 4.58. The van der Waals surface area contributed by atoms with E-state index in [9.17, 15) is 0 Å². The van der Waals surface area contributed by atoms with Crippen molar-refractivity contribution >= 4 is 49.5 Å². The van der Waals surface area contributed by atoms with Crippen LogP contribution in [0.5, 0.6) is 0 Å². The summed E-state index contributed by atoms with van der Waals surface area (Å²) in [5, 5.41) is 4.16. The first-order chi connectivity index (χ1) is 13.1. The molecule has 0 unspecified atom stereocenters. The van der Waals surface area contributed by atoms with Crippen LogP contribution < -0.4 is 9.03 Å². The van der Waals surface area contributed by atoms with Crippen molar-refractivity contribution in [3.05, 3.63) is 40.0 Å². The molecule has 2 rings (SSSR count). The van der Waals surface area contributed by atoms with Gasteiger partial charge in [-0.1, -0.05) is 0 Å². The van der Waals surface area contributed by atoms with Crippen molar-refractivity contribution in [1.29, 1.82) is 0 Å². The number of hydrogen-bond donors (Lipinski definition) is 1. The van der Waals surface area contributed by atoms with Gasteiger partial charge in [0.2, 0.25) is 0 Å². The van der Waals surface area contributed by atoms with Crippen molar-refractivity contribution in [2.75, 3.05) is 5.32 Å². The van der Waals surface area contributed by atoms with Crippen molar-refractivity contribution < 1.29 is 0 Å². The molecule has 0 saturated carbocycles. The van der Waals surface area contributed by atoms with Gasteiger partial charge in [-0.3, -0.25) is 0 Å². The first-order valence-corrected chi connectivity index (χ1v) is 13.7. The Kier molecular flexibility index (Phi) is 9.91. The maximum atomic E-state index is 5.99. The Morgan fingerprint density at radius 1 is 0.889 bits per heavy atom. The summed E-state index contributed by atoms with van der Waals surface area (Å²) < 4.78 is 1.37. The van der Waals surface area contributed by atoms with Gasteiger partial charge < -0.3 is 0 Å². The molecule has 0 spiro atoms. The van der Waals surface area contributed by atoms with Crippen LogP contribution in [0.2, 0.25) is 5.02 Å². The molecule has 0 saturated heterocycles. The van der Waals surface area contributed by atoms with Crippen molar-refractivity contribution in [2.45, 2.75) is 78.6 Å². The van der Waals surface area contributed by atoms with Crippen LogP contribution in [0.3, 0.4) is 0 Å². The van der Waals surface area contributed by atoms with E-state index in [-0.39, 0.29) is 0 Å². The number of nitrogens with zero attached hydrogens (tertiary/aromatic N) is 2. The standard InChI is InChI=1S/C22H31ClN3.Sn.3H/c1-4-7-10-17-15-25-22(26-21-14-13-18(23)16-24-21)20(12-9-6-3)19(17)11-8-5-2;;;;/h13-14,16H,4-12H2,1-3H3,(H,24,25,26);;;;. The Hall–Kier alpha value is -0.811. The fraction of sp³-hybridized carbons (Fsp3) is 0.545. The van der Waals surface area contributed by atoms with E-state index in [2.05, 4.69) is 31.1 Å². The fourth-order valence-electron chi connectivity index (χ4n) is 3.48. The van der Waals surface area contributed by atoms with E-state index in [1.165, 1.54) is 60.6 Å². The topological polar surface area (TPSA) is 37.8 Å². The van der Waals surface area contributed by atoms with Crippen LogP contribution in [0.25, 0.3) is 0 Å². The summed E-state index contributed by atoms with van der Waals surface area (Å²) in [6.07, 6.45) is 12.5. The van der Waals surface area contributed by atoms with Crippen molar-refractivity contribution in [1.82, 2.24) is 9.97 Å². The minimum atomic E-state index is 0.368. The molecule has 5 heteroatoms. The number of aromatic nitrogens is 2. The second-order valence-corrected chi connectivity index (χ2v) is 10.4. The molecule has 2 heterocycles. The Bertz CT molecular complexity index is 716. The van der Waals surface area contributed by atoms with E-state index in [0.717, 1.165) is 18.1 Å². The molecule has 2 aromatic heterocycles. The van der Waals surface area contributed by atoms with E-state index in [0.29, 0.717) is 27.5 Å². The van der Waals surface area contributed by atoms with Crippen LogP contribution in [-0.2, 0) is 19.3 Å². The number of rotatable bonds is 11. The Morgan fingerprint density at radius 2 is 1.48 bits per heavy atom. The van der Waals surface area contributed by atoms with Crippen molar-refractivity contribution in [2.24, 2.45) is 0 Å². The van der Waals surface area contributed by atoms with Crippen LogP contribution in [0.15, 0.2) is 18.3 Å². The third-order valence-corrected chi connectivity index (χ3v) is 7.63. The van der Waals surface area contributed by atoms with Gasteiger partial charge in [0.25, 0.3) is 0 Å². The molecule has 0 radical (unpaired) electrons. The molecule has 27 heavy (non-hydrogen) atoms. The Labute approximate surface area is 182 Å². The van der Waals surface area contributed by atoms with Gasteiger partial charge in [-0.2, -0.15) is 0 Å². The number of pyridine rings is 2. The molecule has 0 aromatic carbocycles. The summed E-state index contributed by atoms with van der Waals surface area (Å²) in [6, 6.07) is 3.81. The molecule has 0 fully saturated rings. The molecule has 0 aliphatic heterocycles. The van der Waals surface area contributed by atoms with Crippen molar-refractivity contribution in [3.8, 4) is 0 Å². The zero-order valence-electron chi connectivity index (χ0n) is 17.4. The Balaban J connectivity index is 2.48. The second kappa shape index (κ2) is 11.9.